The minimum Gasteiger partial charge on any atom is -0.462 e. The topological polar surface area (TPSA) is 78.9 Å². The Bertz CT molecular complexity index is 733. The Balaban J connectivity index is 4.39. The normalized spacial score (nSPS) is 12.8. The first-order chi connectivity index (χ1) is 22.6. The third kappa shape index (κ3) is 34.1. The van der Waals surface area contributed by atoms with Gasteiger partial charge in [-0.15, -0.1) is 0 Å². The zero-order valence-corrected chi connectivity index (χ0v) is 32.1. The van der Waals surface area contributed by atoms with Crippen molar-refractivity contribution >= 4 is 17.9 Å². The molecule has 0 radical (unpaired) electrons. The van der Waals surface area contributed by atoms with Gasteiger partial charge in [-0.2, -0.15) is 0 Å². The van der Waals surface area contributed by atoms with E-state index in [0.717, 1.165) is 75.5 Å². The van der Waals surface area contributed by atoms with Gasteiger partial charge in [-0.05, 0) is 37.0 Å². The first kappa shape index (κ1) is 45.4. The molecule has 0 aromatic heterocycles. The van der Waals surface area contributed by atoms with Crippen LogP contribution in [-0.2, 0) is 28.6 Å². The maximum absolute atomic E-state index is 12.6. The van der Waals surface area contributed by atoms with Crippen LogP contribution in [0.15, 0.2) is 0 Å². The second-order valence-electron chi connectivity index (χ2n) is 15.1. The second kappa shape index (κ2) is 32.9. The molecule has 6 nitrogen and oxygen atoms in total. The molecule has 0 aliphatic heterocycles. The van der Waals surface area contributed by atoms with Crippen LogP contribution in [-0.4, -0.2) is 37.2 Å². The Morgan fingerprint density at radius 1 is 0.426 bits per heavy atom. The second-order valence-corrected chi connectivity index (χ2v) is 15.1. The summed E-state index contributed by atoms with van der Waals surface area (Å²) in [6, 6.07) is 0. The van der Waals surface area contributed by atoms with E-state index in [1.165, 1.54) is 89.9 Å². The first-order valence-electron chi connectivity index (χ1n) is 20.1. The average molecular weight is 667 g/mol. The van der Waals surface area contributed by atoms with Crippen molar-refractivity contribution in [2.24, 2.45) is 17.8 Å². The van der Waals surface area contributed by atoms with E-state index in [1.54, 1.807) is 0 Å². The number of rotatable bonds is 34. The molecule has 0 N–H and O–H groups in total. The fourth-order valence-corrected chi connectivity index (χ4v) is 5.79. The SMILES string of the molecule is CCC(C)CCCCCCCCC(=O)O[C@@H](COC(=O)CCCCCCCCCC(C)C)COC(=O)CCCCCCCCC(C)C. The molecule has 0 aromatic carbocycles. The summed E-state index contributed by atoms with van der Waals surface area (Å²) in [5.74, 6) is 1.48. The summed E-state index contributed by atoms with van der Waals surface area (Å²) >= 11 is 0. The van der Waals surface area contributed by atoms with Crippen molar-refractivity contribution in [2.75, 3.05) is 13.2 Å². The molecule has 0 saturated carbocycles. The van der Waals surface area contributed by atoms with Crippen molar-refractivity contribution in [3.05, 3.63) is 0 Å². The number of unbranched alkanes of at least 4 members (excludes halogenated alkanes) is 16. The summed E-state index contributed by atoms with van der Waals surface area (Å²) in [4.78, 5) is 37.4. The van der Waals surface area contributed by atoms with E-state index in [0.29, 0.717) is 19.3 Å². The molecule has 278 valence electrons. The third-order valence-electron chi connectivity index (χ3n) is 9.26. The lowest BCUT2D eigenvalue weighted by atomic mass is 10.00. The van der Waals surface area contributed by atoms with Crippen molar-refractivity contribution in [1.29, 1.82) is 0 Å². The van der Waals surface area contributed by atoms with E-state index >= 15 is 0 Å². The van der Waals surface area contributed by atoms with Gasteiger partial charge in [0.1, 0.15) is 13.2 Å². The van der Waals surface area contributed by atoms with E-state index in [1.807, 2.05) is 0 Å². The predicted molar refractivity (Wildman–Crippen MR) is 196 cm³/mol. The van der Waals surface area contributed by atoms with Crippen LogP contribution in [0.3, 0.4) is 0 Å². The largest absolute Gasteiger partial charge is 0.462 e. The van der Waals surface area contributed by atoms with E-state index in [4.69, 9.17) is 14.2 Å². The molecule has 0 fully saturated rings. The highest BCUT2D eigenvalue weighted by Gasteiger charge is 2.19. The smallest absolute Gasteiger partial charge is 0.306 e. The monoisotopic (exact) mass is 667 g/mol. The molecule has 0 heterocycles. The summed E-state index contributed by atoms with van der Waals surface area (Å²) in [6.45, 7) is 13.5. The minimum absolute atomic E-state index is 0.0692. The minimum atomic E-state index is -0.761. The van der Waals surface area contributed by atoms with Gasteiger partial charge < -0.3 is 14.2 Å². The van der Waals surface area contributed by atoms with Crippen LogP contribution in [0.2, 0.25) is 0 Å². The Morgan fingerprint density at radius 3 is 1.11 bits per heavy atom. The van der Waals surface area contributed by atoms with E-state index in [2.05, 4.69) is 41.5 Å². The Morgan fingerprint density at radius 2 is 0.745 bits per heavy atom. The quantitative estimate of drug-likeness (QED) is 0.0386. The van der Waals surface area contributed by atoms with Crippen molar-refractivity contribution in [3.63, 3.8) is 0 Å². The van der Waals surface area contributed by atoms with Gasteiger partial charge in [0.05, 0.1) is 0 Å². The van der Waals surface area contributed by atoms with Gasteiger partial charge in [0.15, 0.2) is 6.10 Å². The zero-order valence-electron chi connectivity index (χ0n) is 32.1. The number of carbonyl (C=O) groups is 3. The number of esters is 3. The van der Waals surface area contributed by atoms with E-state index < -0.39 is 6.10 Å². The van der Waals surface area contributed by atoms with Crippen molar-refractivity contribution < 1.29 is 28.6 Å². The highest BCUT2D eigenvalue weighted by atomic mass is 16.6. The molecule has 2 atom stereocenters. The fourth-order valence-electron chi connectivity index (χ4n) is 5.79. The first-order valence-corrected chi connectivity index (χ1v) is 20.1. The Labute approximate surface area is 291 Å². The molecule has 0 spiro atoms. The van der Waals surface area contributed by atoms with E-state index in [9.17, 15) is 14.4 Å². The lowest BCUT2D eigenvalue weighted by Crippen LogP contribution is -2.30. The molecule has 47 heavy (non-hydrogen) atoms. The summed E-state index contributed by atoms with van der Waals surface area (Å²) in [5.41, 5.74) is 0. The molecule has 0 aliphatic carbocycles. The number of hydrogen-bond acceptors (Lipinski definition) is 6. The van der Waals surface area contributed by atoms with Gasteiger partial charge >= 0.3 is 17.9 Å². The van der Waals surface area contributed by atoms with Crippen LogP contribution in [0.25, 0.3) is 0 Å². The van der Waals surface area contributed by atoms with Gasteiger partial charge in [0.25, 0.3) is 0 Å². The standard InChI is InChI=1S/C41H78O6/c1-7-37(6)29-23-17-12-14-20-26-32-41(44)47-38(34-46-40(43)31-25-19-13-11-16-22-28-36(4)5)33-45-39(42)30-24-18-10-8-9-15-21-27-35(2)3/h35-38H,7-34H2,1-6H3/t37?,38-/m0/s1. The summed E-state index contributed by atoms with van der Waals surface area (Å²) in [5, 5.41) is 0. The van der Waals surface area contributed by atoms with E-state index in [-0.39, 0.29) is 31.1 Å². The average Bonchev–Trinajstić information content (AvgIpc) is 3.03. The molecule has 0 amide bonds. The molecule has 0 rings (SSSR count). The number of ether oxygens (including phenoxy) is 3. The van der Waals surface area contributed by atoms with Gasteiger partial charge in [0.2, 0.25) is 0 Å². The maximum Gasteiger partial charge on any atom is 0.306 e. The number of hydrogen-bond donors (Lipinski definition) is 0. The molecule has 6 heteroatoms. The lowest BCUT2D eigenvalue weighted by molar-refractivity contribution is -0.167. The molecule has 0 saturated heterocycles. The van der Waals surface area contributed by atoms with Crippen molar-refractivity contribution in [2.45, 2.75) is 215 Å². The zero-order chi connectivity index (χ0) is 35.0. The molecular formula is C41H78O6. The van der Waals surface area contributed by atoms with Crippen LogP contribution in [0.5, 0.6) is 0 Å². The van der Waals surface area contributed by atoms with Crippen LogP contribution in [0.4, 0.5) is 0 Å². The molecule has 1 unspecified atom stereocenters. The molecular weight excluding hydrogens is 588 g/mol. The summed E-state index contributed by atoms with van der Waals surface area (Å²) in [7, 11) is 0. The fraction of sp³-hybridized carbons (Fsp3) is 0.927. The molecule has 0 bridgehead atoms. The highest BCUT2D eigenvalue weighted by Crippen LogP contribution is 2.16. The summed E-state index contributed by atoms with van der Waals surface area (Å²) < 4.78 is 16.6. The Kier molecular flexibility index (Phi) is 31.8. The van der Waals surface area contributed by atoms with Gasteiger partial charge in [-0.25, -0.2) is 0 Å². The van der Waals surface area contributed by atoms with Gasteiger partial charge in [0, 0.05) is 19.3 Å². The lowest BCUT2D eigenvalue weighted by Gasteiger charge is -2.18. The molecule has 0 aliphatic rings. The number of carbonyl (C=O) groups excluding carboxylic acids is 3. The van der Waals surface area contributed by atoms with Gasteiger partial charge in [-0.3, -0.25) is 14.4 Å². The third-order valence-corrected chi connectivity index (χ3v) is 9.26. The van der Waals surface area contributed by atoms with Gasteiger partial charge in [-0.1, -0.05) is 170 Å². The highest BCUT2D eigenvalue weighted by molar-refractivity contribution is 5.71. The van der Waals surface area contributed by atoms with Crippen LogP contribution < -0.4 is 0 Å². The predicted octanol–water partition coefficient (Wildman–Crippen LogP) is 12.1. The van der Waals surface area contributed by atoms with Crippen LogP contribution in [0.1, 0.15) is 208 Å². The Hall–Kier alpha value is -1.59. The maximum atomic E-state index is 12.6. The van der Waals surface area contributed by atoms with Crippen molar-refractivity contribution in [3.8, 4) is 0 Å². The summed E-state index contributed by atoms with van der Waals surface area (Å²) in [6.07, 6.45) is 26.8. The molecule has 0 aromatic rings. The van der Waals surface area contributed by atoms with Crippen molar-refractivity contribution in [1.82, 2.24) is 0 Å². The van der Waals surface area contributed by atoms with Crippen LogP contribution in [0, 0.1) is 17.8 Å². The van der Waals surface area contributed by atoms with Crippen LogP contribution >= 0.6 is 0 Å².